The molecular formula is C23H25FN4O2. The van der Waals surface area contributed by atoms with Crippen LogP contribution < -0.4 is 20.1 Å². The van der Waals surface area contributed by atoms with Crippen LogP contribution >= 0.6 is 0 Å². The Hall–Kier alpha value is -3.61. The lowest BCUT2D eigenvalue weighted by Crippen LogP contribution is -2.36. The van der Waals surface area contributed by atoms with E-state index >= 15 is 0 Å². The van der Waals surface area contributed by atoms with Crippen LogP contribution in [0.2, 0.25) is 0 Å². The first-order chi connectivity index (χ1) is 14.7. The zero-order valence-corrected chi connectivity index (χ0v) is 17.1. The molecule has 0 saturated carbocycles. The van der Waals surface area contributed by atoms with E-state index in [4.69, 9.17) is 9.47 Å². The predicted octanol–water partition coefficient (Wildman–Crippen LogP) is 4.28. The molecule has 0 aliphatic rings. The van der Waals surface area contributed by atoms with Gasteiger partial charge in [0.15, 0.2) is 5.96 Å². The standard InChI is InChI=1S/C23H25FN4O2/c1-3-29-19-8-10-20(11-9-19)30-22-14-17(12-13-26-22)15-27-23(25-2)28-16-18-6-4-5-7-21(18)24/h4-14H,3,15-16H2,1-2H3,(H2,25,27,28). The van der Waals surface area contributed by atoms with E-state index < -0.39 is 0 Å². The van der Waals surface area contributed by atoms with Crippen LogP contribution in [0.1, 0.15) is 18.1 Å². The molecule has 0 aliphatic heterocycles. The van der Waals surface area contributed by atoms with E-state index in [2.05, 4.69) is 20.6 Å². The summed E-state index contributed by atoms with van der Waals surface area (Å²) in [6.07, 6.45) is 1.69. The lowest BCUT2D eigenvalue weighted by atomic mass is 10.2. The van der Waals surface area contributed by atoms with Crippen molar-refractivity contribution in [2.45, 2.75) is 20.0 Å². The van der Waals surface area contributed by atoms with Gasteiger partial charge in [0.2, 0.25) is 5.88 Å². The smallest absolute Gasteiger partial charge is 0.219 e. The van der Waals surface area contributed by atoms with E-state index in [9.17, 15) is 4.39 Å². The van der Waals surface area contributed by atoms with Crippen molar-refractivity contribution in [1.29, 1.82) is 0 Å². The number of aromatic nitrogens is 1. The maximum Gasteiger partial charge on any atom is 0.219 e. The Bertz CT molecular complexity index is 977. The highest BCUT2D eigenvalue weighted by Crippen LogP contribution is 2.23. The lowest BCUT2D eigenvalue weighted by Gasteiger charge is -2.13. The zero-order valence-electron chi connectivity index (χ0n) is 17.1. The fraction of sp³-hybridized carbons (Fsp3) is 0.217. The normalized spacial score (nSPS) is 11.1. The van der Waals surface area contributed by atoms with E-state index in [-0.39, 0.29) is 5.82 Å². The van der Waals surface area contributed by atoms with Crippen molar-refractivity contribution in [2.24, 2.45) is 4.99 Å². The van der Waals surface area contributed by atoms with Gasteiger partial charge < -0.3 is 20.1 Å². The molecule has 1 aromatic heterocycles. The molecule has 7 heteroatoms. The van der Waals surface area contributed by atoms with Crippen LogP contribution in [0.5, 0.6) is 17.4 Å². The lowest BCUT2D eigenvalue weighted by molar-refractivity contribution is 0.339. The molecule has 156 valence electrons. The molecule has 0 unspecified atom stereocenters. The summed E-state index contributed by atoms with van der Waals surface area (Å²) >= 11 is 0. The highest BCUT2D eigenvalue weighted by Gasteiger charge is 2.05. The zero-order chi connectivity index (χ0) is 21.2. The van der Waals surface area contributed by atoms with Crippen LogP contribution in [-0.2, 0) is 13.1 Å². The predicted molar refractivity (Wildman–Crippen MR) is 115 cm³/mol. The third-order valence-corrected chi connectivity index (χ3v) is 4.24. The van der Waals surface area contributed by atoms with Crippen molar-refractivity contribution in [1.82, 2.24) is 15.6 Å². The maximum absolute atomic E-state index is 13.8. The number of nitrogens with zero attached hydrogens (tertiary/aromatic N) is 2. The van der Waals surface area contributed by atoms with Gasteiger partial charge in [-0.2, -0.15) is 0 Å². The summed E-state index contributed by atoms with van der Waals surface area (Å²) in [7, 11) is 1.67. The van der Waals surface area contributed by atoms with E-state index in [0.717, 1.165) is 11.3 Å². The number of hydrogen-bond acceptors (Lipinski definition) is 4. The van der Waals surface area contributed by atoms with Crippen molar-refractivity contribution in [3.63, 3.8) is 0 Å². The average Bonchev–Trinajstić information content (AvgIpc) is 2.77. The van der Waals surface area contributed by atoms with Crippen molar-refractivity contribution >= 4 is 5.96 Å². The van der Waals surface area contributed by atoms with Crippen molar-refractivity contribution < 1.29 is 13.9 Å². The summed E-state index contributed by atoms with van der Waals surface area (Å²) in [5, 5.41) is 6.31. The van der Waals surface area contributed by atoms with Crippen LogP contribution in [0.4, 0.5) is 4.39 Å². The molecule has 0 saturated heterocycles. The monoisotopic (exact) mass is 408 g/mol. The molecular weight excluding hydrogens is 383 g/mol. The summed E-state index contributed by atoms with van der Waals surface area (Å²) in [5.41, 5.74) is 1.55. The molecule has 0 bridgehead atoms. The second-order valence-electron chi connectivity index (χ2n) is 6.38. The third-order valence-electron chi connectivity index (χ3n) is 4.24. The second kappa shape index (κ2) is 10.8. The molecule has 6 nitrogen and oxygen atoms in total. The molecule has 0 spiro atoms. The molecule has 0 atom stereocenters. The minimum Gasteiger partial charge on any atom is -0.494 e. The van der Waals surface area contributed by atoms with Gasteiger partial charge in [-0.3, -0.25) is 4.99 Å². The maximum atomic E-state index is 13.8. The van der Waals surface area contributed by atoms with Gasteiger partial charge in [0.25, 0.3) is 0 Å². The van der Waals surface area contributed by atoms with E-state index in [1.807, 2.05) is 43.3 Å². The van der Waals surface area contributed by atoms with Gasteiger partial charge in [0.1, 0.15) is 17.3 Å². The molecule has 0 fully saturated rings. The molecule has 30 heavy (non-hydrogen) atoms. The van der Waals surface area contributed by atoms with E-state index in [1.54, 1.807) is 31.4 Å². The summed E-state index contributed by atoms with van der Waals surface area (Å²) in [6, 6.07) is 17.8. The summed E-state index contributed by atoms with van der Waals surface area (Å²) in [5.74, 6) is 2.30. The topological polar surface area (TPSA) is 67.8 Å². The number of halogens is 1. The average molecular weight is 408 g/mol. The van der Waals surface area contributed by atoms with Crippen LogP contribution in [-0.4, -0.2) is 24.6 Å². The highest BCUT2D eigenvalue weighted by atomic mass is 19.1. The summed E-state index contributed by atoms with van der Waals surface area (Å²) < 4.78 is 25.0. The van der Waals surface area contributed by atoms with E-state index in [1.165, 1.54) is 6.07 Å². The molecule has 0 amide bonds. The van der Waals surface area contributed by atoms with Gasteiger partial charge in [0.05, 0.1) is 6.61 Å². The molecule has 3 rings (SSSR count). The first-order valence-electron chi connectivity index (χ1n) is 9.71. The van der Waals surface area contributed by atoms with Crippen LogP contribution in [0.25, 0.3) is 0 Å². The first kappa shape index (κ1) is 21.1. The minimum absolute atomic E-state index is 0.245. The van der Waals surface area contributed by atoms with Crippen molar-refractivity contribution in [3.8, 4) is 17.4 Å². The van der Waals surface area contributed by atoms with Crippen molar-refractivity contribution in [2.75, 3.05) is 13.7 Å². The fourth-order valence-corrected chi connectivity index (χ4v) is 2.73. The second-order valence-corrected chi connectivity index (χ2v) is 6.38. The van der Waals surface area contributed by atoms with Gasteiger partial charge in [-0.25, -0.2) is 9.37 Å². The van der Waals surface area contributed by atoms with Crippen LogP contribution in [0.15, 0.2) is 71.9 Å². The Labute approximate surface area is 175 Å². The van der Waals surface area contributed by atoms with Crippen molar-refractivity contribution in [3.05, 3.63) is 83.8 Å². The molecule has 0 radical (unpaired) electrons. The molecule has 1 heterocycles. The SMILES string of the molecule is CCOc1ccc(Oc2cc(CNC(=NC)NCc3ccccc3F)ccn2)cc1. The molecule has 2 N–H and O–H groups in total. The number of ether oxygens (including phenoxy) is 2. The van der Waals surface area contributed by atoms with E-state index in [0.29, 0.717) is 42.8 Å². The number of aliphatic imine (C=N–C) groups is 1. The molecule has 0 aliphatic carbocycles. The number of guanidine groups is 1. The number of rotatable bonds is 8. The number of pyridine rings is 1. The Kier molecular flexibility index (Phi) is 7.60. The number of nitrogens with one attached hydrogen (secondary N) is 2. The quantitative estimate of drug-likeness (QED) is 0.430. The Morgan fingerprint density at radius 1 is 1.00 bits per heavy atom. The molecule has 3 aromatic rings. The van der Waals surface area contributed by atoms with Gasteiger partial charge in [-0.1, -0.05) is 18.2 Å². The molecule has 2 aromatic carbocycles. The largest absolute Gasteiger partial charge is 0.494 e. The fourth-order valence-electron chi connectivity index (χ4n) is 2.73. The Balaban J connectivity index is 1.54. The van der Waals surface area contributed by atoms with Gasteiger partial charge >= 0.3 is 0 Å². The van der Waals surface area contributed by atoms with Crippen LogP contribution in [0, 0.1) is 5.82 Å². The van der Waals surface area contributed by atoms with Gasteiger partial charge in [-0.05, 0) is 48.9 Å². The summed E-state index contributed by atoms with van der Waals surface area (Å²) in [4.78, 5) is 8.43. The third kappa shape index (κ3) is 6.20. The Morgan fingerprint density at radius 2 is 1.73 bits per heavy atom. The number of hydrogen-bond donors (Lipinski definition) is 2. The first-order valence-corrected chi connectivity index (χ1v) is 9.71. The van der Waals surface area contributed by atoms with Gasteiger partial charge in [-0.15, -0.1) is 0 Å². The highest BCUT2D eigenvalue weighted by molar-refractivity contribution is 5.79. The Morgan fingerprint density at radius 3 is 2.47 bits per heavy atom. The summed E-state index contributed by atoms with van der Waals surface area (Å²) in [6.45, 7) is 3.42. The minimum atomic E-state index is -0.245. The van der Waals surface area contributed by atoms with Gasteiger partial charge in [0, 0.05) is 38.0 Å². The van der Waals surface area contributed by atoms with Crippen LogP contribution in [0.3, 0.4) is 0 Å². The number of benzene rings is 2.